The predicted octanol–water partition coefficient (Wildman–Crippen LogP) is 4.78. The summed E-state index contributed by atoms with van der Waals surface area (Å²) in [6.07, 6.45) is 0.248. The molecule has 0 saturated carbocycles. The van der Waals surface area contributed by atoms with Gasteiger partial charge in [-0.2, -0.15) is 17.9 Å². The Balaban J connectivity index is 1.71. The van der Waals surface area contributed by atoms with E-state index in [0.717, 1.165) is 4.41 Å². The van der Waals surface area contributed by atoms with E-state index >= 15 is 0 Å². The van der Waals surface area contributed by atoms with Gasteiger partial charge in [0.15, 0.2) is 0 Å². The first kappa shape index (κ1) is 24.2. The van der Waals surface area contributed by atoms with Crippen LogP contribution in [0.3, 0.4) is 0 Å². The Morgan fingerprint density at radius 2 is 1.59 bits per heavy atom. The minimum Gasteiger partial charge on any atom is -0.284 e. The Morgan fingerprint density at radius 3 is 2.18 bits per heavy atom. The first-order valence-corrected chi connectivity index (χ1v) is 13.8. The zero-order chi connectivity index (χ0) is 24.5. The number of nitrogens with one attached hydrogen (secondary N) is 1. The first-order valence-electron chi connectivity index (χ1n) is 10.3. The highest BCUT2D eigenvalue weighted by molar-refractivity contribution is 7.92. The molecule has 0 unspecified atom stereocenters. The maximum absolute atomic E-state index is 13.5. The lowest BCUT2D eigenvalue weighted by molar-refractivity contribution is 0.371. The van der Waals surface area contributed by atoms with E-state index < -0.39 is 31.9 Å². The molecule has 0 amide bonds. The van der Waals surface area contributed by atoms with Crippen molar-refractivity contribution in [2.45, 2.75) is 24.3 Å². The quantitative estimate of drug-likeness (QED) is 0.484. The minimum absolute atomic E-state index is 0.0262. The highest BCUT2D eigenvalue weighted by atomic mass is 35.5. The number of nitrogens with zero attached hydrogens (tertiary/aromatic N) is 2. The molecular weight excluding hydrogens is 501 g/mol. The third-order valence-electron chi connectivity index (χ3n) is 5.36. The largest absolute Gasteiger partial charge is 0.284 e. The fourth-order valence-corrected chi connectivity index (χ4v) is 5.71. The molecule has 34 heavy (non-hydrogen) atoms. The van der Waals surface area contributed by atoms with Crippen LogP contribution in [0, 0.1) is 5.82 Å². The third kappa shape index (κ3) is 5.08. The molecule has 178 valence electrons. The molecule has 4 rings (SSSR count). The minimum atomic E-state index is -4.04. The van der Waals surface area contributed by atoms with Crippen LogP contribution >= 0.6 is 11.6 Å². The number of halogens is 2. The Labute approximate surface area is 203 Å². The molecule has 3 aromatic carbocycles. The molecule has 0 saturated heterocycles. The van der Waals surface area contributed by atoms with Gasteiger partial charge in [-0.1, -0.05) is 35.9 Å². The van der Waals surface area contributed by atoms with E-state index in [-0.39, 0.29) is 17.1 Å². The molecule has 0 spiro atoms. The lowest BCUT2D eigenvalue weighted by Gasteiger charge is -2.23. The number of sulfonamides is 2. The van der Waals surface area contributed by atoms with Crippen molar-refractivity contribution in [1.29, 1.82) is 0 Å². The van der Waals surface area contributed by atoms with Gasteiger partial charge < -0.3 is 0 Å². The van der Waals surface area contributed by atoms with Crippen molar-refractivity contribution in [3.05, 3.63) is 94.8 Å². The maximum atomic E-state index is 13.5. The molecule has 7 nitrogen and oxygen atoms in total. The van der Waals surface area contributed by atoms with Gasteiger partial charge in [-0.15, -0.1) is 0 Å². The fraction of sp³-hybridized carbons (Fsp3) is 0.174. The number of rotatable bonds is 7. The van der Waals surface area contributed by atoms with Gasteiger partial charge in [-0.05, 0) is 66.6 Å². The molecule has 0 aromatic heterocycles. The molecule has 1 aliphatic heterocycles. The van der Waals surface area contributed by atoms with Crippen molar-refractivity contribution in [2.24, 2.45) is 5.10 Å². The summed E-state index contributed by atoms with van der Waals surface area (Å²) in [6.45, 7) is 1.54. The van der Waals surface area contributed by atoms with Crippen LogP contribution in [0.25, 0.3) is 0 Å². The fourth-order valence-electron chi connectivity index (χ4n) is 3.51. The molecule has 3 aromatic rings. The smallest absolute Gasteiger partial charge is 0.279 e. The lowest BCUT2D eigenvalue weighted by Crippen LogP contribution is -2.27. The van der Waals surface area contributed by atoms with Gasteiger partial charge in [0, 0.05) is 17.1 Å². The first-order chi connectivity index (χ1) is 16.1. The molecule has 1 N–H and O–H groups in total. The van der Waals surface area contributed by atoms with Crippen LogP contribution in [-0.4, -0.2) is 32.7 Å². The third-order valence-corrected chi connectivity index (χ3v) is 8.61. The van der Waals surface area contributed by atoms with E-state index in [4.69, 9.17) is 11.6 Å². The summed E-state index contributed by atoms with van der Waals surface area (Å²) < 4.78 is 67.5. The monoisotopic (exact) mass is 521 g/mol. The van der Waals surface area contributed by atoms with Gasteiger partial charge in [0.1, 0.15) is 5.82 Å². The molecule has 1 aliphatic rings. The number of anilines is 1. The Bertz CT molecular complexity index is 1430. The van der Waals surface area contributed by atoms with Crippen LogP contribution in [0.2, 0.25) is 5.02 Å². The molecule has 0 aliphatic carbocycles. The van der Waals surface area contributed by atoms with Crippen LogP contribution in [0.15, 0.2) is 82.8 Å². The molecule has 0 fully saturated rings. The average molecular weight is 522 g/mol. The van der Waals surface area contributed by atoms with Gasteiger partial charge >= 0.3 is 0 Å². The van der Waals surface area contributed by atoms with Crippen molar-refractivity contribution in [3.8, 4) is 0 Å². The zero-order valence-corrected chi connectivity index (χ0v) is 20.4. The van der Waals surface area contributed by atoms with Crippen molar-refractivity contribution in [1.82, 2.24) is 4.41 Å². The van der Waals surface area contributed by atoms with E-state index in [2.05, 4.69) is 9.82 Å². The summed E-state index contributed by atoms with van der Waals surface area (Å²) >= 11 is 5.91. The van der Waals surface area contributed by atoms with Crippen LogP contribution in [0.1, 0.15) is 30.5 Å². The number of hydrogen-bond acceptors (Lipinski definition) is 5. The Kier molecular flexibility index (Phi) is 6.66. The average Bonchev–Trinajstić information content (AvgIpc) is 3.26. The van der Waals surface area contributed by atoms with E-state index in [9.17, 15) is 21.2 Å². The second-order valence-electron chi connectivity index (χ2n) is 7.63. The molecule has 0 bridgehead atoms. The summed E-state index contributed by atoms with van der Waals surface area (Å²) in [6, 6.07) is 17.2. The Morgan fingerprint density at radius 1 is 0.971 bits per heavy atom. The predicted molar refractivity (Wildman–Crippen MR) is 130 cm³/mol. The summed E-state index contributed by atoms with van der Waals surface area (Å²) in [4.78, 5) is 0.0262. The second kappa shape index (κ2) is 9.36. The highest BCUT2D eigenvalue weighted by Crippen LogP contribution is 2.37. The summed E-state index contributed by atoms with van der Waals surface area (Å²) in [5.74, 6) is -0.488. The summed E-state index contributed by atoms with van der Waals surface area (Å²) in [7, 11) is -7.46. The topological polar surface area (TPSA) is 95.9 Å². The highest BCUT2D eigenvalue weighted by Gasteiger charge is 2.37. The maximum Gasteiger partial charge on any atom is 0.279 e. The second-order valence-corrected chi connectivity index (χ2v) is 11.9. The van der Waals surface area contributed by atoms with Gasteiger partial charge in [0.25, 0.3) is 10.0 Å². The number of hydrazone groups is 1. The standard InChI is InChI=1S/C23H21ClFN3O4S2/c1-2-33(29,30)27-20-11-5-16(6-12-20)22-15-23(17-3-9-19(25)10-4-17)28(26-22)34(31,32)21-13-7-18(24)8-14-21/h3-14,23,27H,2,15H2,1H3/t23-/m0/s1. The van der Waals surface area contributed by atoms with Crippen molar-refractivity contribution in [2.75, 3.05) is 10.5 Å². The van der Waals surface area contributed by atoms with Gasteiger partial charge in [-0.3, -0.25) is 4.72 Å². The van der Waals surface area contributed by atoms with Crippen LogP contribution in [0.5, 0.6) is 0 Å². The molecule has 0 radical (unpaired) electrons. The summed E-state index contributed by atoms with van der Waals surface area (Å²) in [5.41, 5.74) is 2.12. The molecular formula is C23H21ClFN3O4S2. The van der Waals surface area contributed by atoms with Crippen LogP contribution < -0.4 is 4.72 Å². The van der Waals surface area contributed by atoms with Gasteiger partial charge in [0.2, 0.25) is 10.0 Å². The van der Waals surface area contributed by atoms with E-state index in [1.165, 1.54) is 55.5 Å². The molecule has 11 heteroatoms. The zero-order valence-electron chi connectivity index (χ0n) is 18.0. The summed E-state index contributed by atoms with van der Waals surface area (Å²) in [5, 5.41) is 4.83. The lowest BCUT2D eigenvalue weighted by atomic mass is 9.99. The number of benzene rings is 3. The van der Waals surface area contributed by atoms with Gasteiger partial charge in [-0.25, -0.2) is 12.8 Å². The van der Waals surface area contributed by atoms with Crippen LogP contribution in [0.4, 0.5) is 10.1 Å². The normalized spacial score (nSPS) is 16.4. The molecule has 1 heterocycles. The van der Waals surface area contributed by atoms with E-state index in [0.29, 0.717) is 27.5 Å². The van der Waals surface area contributed by atoms with Crippen molar-refractivity contribution in [3.63, 3.8) is 0 Å². The molecule has 1 atom stereocenters. The number of hydrogen-bond donors (Lipinski definition) is 1. The van der Waals surface area contributed by atoms with Crippen molar-refractivity contribution >= 4 is 43.0 Å². The van der Waals surface area contributed by atoms with Gasteiger partial charge in [0.05, 0.1) is 22.4 Å². The van der Waals surface area contributed by atoms with E-state index in [1.54, 1.807) is 24.3 Å². The van der Waals surface area contributed by atoms with Crippen molar-refractivity contribution < 1.29 is 21.2 Å². The Hall–Kier alpha value is -2.95. The van der Waals surface area contributed by atoms with E-state index in [1.807, 2.05) is 0 Å². The van der Waals surface area contributed by atoms with Crippen LogP contribution in [-0.2, 0) is 20.0 Å². The SMILES string of the molecule is CCS(=O)(=O)Nc1ccc(C2=NN(S(=O)(=O)c3ccc(Cl)cc3)[C@H](c3ccc(F)cc3)C2)cc1.